The first kappa shape index (κ1) is 15.7. The zero-order chi connectivity index (χ0) is 15.2. The first-order chi connectivity index (χ1) is 10.1. The SMILES string of the molecule is CCCNCCCc1c(C)nn(-c2ccc(F)cc2)c1C. The summed E-state index contributed by atoms with van der Waals surface area (Å²) in [5.74, 6) is -0.220. The zero-order valence-electron chi connectivity index (χ0n) is 13.1. The highest BCUT2D eigenvalue weighted by molar-refractivity contribution is 5.37. The van der Waals surface area contributed by atoms with Gasteiger partial charge in [0.1, 0.15) is 5.82 Å². The van der Waals surface area contributed by atoms with E-state index in [0.29, 0.717) is 0 Å². The minimum absolute atomic E-state index is 0.220. The van der Waals surface area contributed by atoms with Crippen LogP contribution in [0.5, 0.6) is 0 Å². The Balaban J connectivity index is 2.08. The van der Waals surface area contributed by atoms with Crippen molar-refractivity contribution in [1.82, 2.24) is 15.1 Å². The molecule has 4 heteroatoms. The molecule has 0 saturated carbocycles. The Bertz CT molecular complexity index is 572. The standard InChI is InChI=1S/C17H24FN3/c1-4-11-19-12-5-6-17-13(2)20-21(14(17)3)16-9-7-15(18)8-10-16/h7-10,19H,4-6,11-12H2,1-3H3. The number of nitrogens with zero attached hydrogens (tertiary/aromatic N) is 2. The van der Waals surface area contributed by atoms with Gasteiger partial charge >= 0.3 is 0 Å². The highest BCUT2D eigenvalue weighted by atomic mass is 19.1. The van der Waals surface area contributed by atoms with Crippen molar-refractivity contribution >= 4 is 0 Å². The van der Waals surface area contributed by atoms with E-state index >= 15 is 0 Å². The molecule has 0 unspecified atom stereocenters. The van der Waals surface area contributed by atoms with Crippen molar-refractivity contribution in [2.75, 3.05) is 13.1 Å². The van der Waals surface area contributed by atoms with Crippen LogP contribution in [0.1, 0.15) is 36.7 Å². The third-order valence-corrected chi connectivity index (χ3v) is 3.72. The maximum absolute atomic E-state index is 13.0. The van der Waals surface area contributed by atoms with Crippen LogP contribution in [-0.4, -0.2) is 22.9 Å². The van der Waals surface area contributed by atoms with Crippen molar-refractivity contribution in [3.8, 4) is 5.69 Å². The summed E-state index contributed by atoms with van der Waals surface area (Å²) < 4.78 is 14.9. The van der Waals surface area contributed by atoms with Gasteiger partial charge in [0.05, 0.1) is 11.4 Å². The van der Waals surface area contributed by atoms with Crippen LogP contribution in [0.3, 0.4) is 0 Å². The number of hydrogen-bond acceptors (Lipinski definition) is 2. The second-order valence-corrected chi connectivity index (χ2v) is 5.39. The number of rotatable bonds is 7. The third-order valence-electron chi connectivity index (χ3n) is 3.72. The van der Waals surface area contributed by atoms with E-state index in [2.05, 4.69) is 24.3 Å². The normalized spacial score (nSPS) is 11.0. The van der Waals surface area contributed by atoms with E-state index in [0.717, 1.165) is 43.0 Å². The van der Waals surface area contributed by atoms with Crippen molar-refractivity contribution < 1.29 is 4.39 Å². The Kier molecular flexibility index (Phi) is 5.51. The average Bonchev–Trinajstić information content (AvgIpc) is 2.75. The number of halogens is 1. The van der Waals surface area contributed by atoms with Gasteiger partial charge in [0.2, 0.25) is 0 Å². The maximum Gasteiger partial charge on any atom is 0.123 e. The van der Waals surface area contributed by atoms with Crippen molar-refractivity contribution in [2.24, 2.45) is 0 Å². The molecular weight excluding hydrogens is 265 g/mol. The molecule has 0 saturated heterocycles. The molecule has 0 aliphatic rings. The predicted molar refractivity (Wildman–Crippen MR) is 84.5 cm³/mol. The molecule has 2 rings (SSSR count). The zero-order valence-corrected chi connectivity index (χ0v) is 13.1. The topological polar surface area (TPSA) is 29.9 Å². The Hall–Kier alpha value is -1.68. The van der Waals surface area contributed by atoms with Gasteiger partial charge in [0.15, 0.2) is 0 Å². The summed E-state index contributed by atoms with van der Waals surface area (Å²) in [6.45, 7) is 8.41. The van der Waals surface area contributed by atoms with Crippen molar-refractivity contribution in [3.05, 3.63) is 47.0 Å². The highest BCUT2D eigenvalue weighted by Crippen LogP contribution is 2.19. The lowest BCUT2D eigenvalue weighted by Gasteiger charge is -2.06. The third kappa shape index (κ3) is 3.91. The molecule has 0 radical (unpaired) electrons. The average molecular weight is 289 g/mol. The monoisotopic (exact) mass is 289 g/mol. The molecule has 0 amide bonds. The fraction of sp³-hybridized carbons (Fsp3) is 0.471. The van der Waals surface area contributed by atoms with E-state index in [4.69, 9.17) is 0 Å². The molecule has 0 fully saturated rings. The summed E-state index contributed by atoms with van der Waals surface area (Å²) in [6.07, 6.45) is 3.30. The lowest BCUT2D eigenvalue weighted by Crippen LogP contribution is -2.16. The summed E-state index contributed by atoms with van der Waals surface area (Å²) in [7, 11) is 0. The smallest absolute Gasteiger partial charge is 0.123 e. The summed E-state index contributed by atoms with van der Waals surface area (Å²) in [6, 6.07) is 6.48. The summed E-state index contributed by atoms with van der Waals surface area (Å²) in [5.41, 5.74) is 4.42. The number of benzene rings is 1. The molecule has 114 valence electrons. The van der Waals surface area contributed by atoms with E-state index in [1.807, 2.05) is 11.6 Å². The van der Waals surface area contributed by atoms with Crippen molar-refractivity contribution in [1.29, 1.82) is 0 Å². The lowest BCUT2D eigenvalue weighted by atomic mass is 10.1. The number of nitrogens with one attached hydrogen (secondary N) is 1. The predicted octanol–water partition coefficient (Wildman–Crippen LogP) is 3.56. The lowest BCUT2D eigenvalue weighted by molar-refractivity contribution is 0.626. The van der Waals surface area contributed by atoms with Gasteiger partial charge in [-0.05, 0) is 76.0 Å². The van der Waals surface area contributed by atoms with E-state index in [1.54, 1.807) is 12.1 Å². The second-order valence-electron chi connectivity index (χ2n) is 5.39. The van der Waals surface area contributed by atoms with Crippen molar-refractivity contribution in [2.45, 2.75) is 40.0 Å². The van der Waals surface area contributed by atoms with Crippen LogP contribution in [0.4, 0.5) is 4.39 Å². The van der Waals surface area contributed by atoms with Crippen LogP contribution in [-0.2, 0) is 6.42 Å². The Labute approximate surface area is 126 Å². The van der Waals surface area contributed by atoms with Gasteiger partial charge in [-0.3, -0.25) is 0 Å². The molecule has 3 nitrogen and oxygen atoms in total. The maximum atomic E-state index is 13.0. The van der Waals surface area contributed by atoms with Gasteiger partial charge < -0.3 is 5.32 Å². The molecule has 2 aromatic rings. The molecule has 0 spiro atoms. The molecule has 0 aliphatic carbocycles. The van der Waals surface area contributed by atoms with Crippen LogP contribution >= 0.6 is 0 Å². The second kappa shape index (κ2) is 7.36. The molecule has 1 aromatic carbocycles. The van der Waals surface area contributed by atoms with Crippen LogP contribution in [0.2, 0.25) is 0 Å². The molecule has 0 aliphatic heterocycles. The van der Waals surface area contributed by atoms with Crippen LogP contribution in [0, 0.1) is 19.7 Å². The molecule has 1 aromatic heterocycles. The quantitative estimate of drug-likeness (QED) is 0.790. The molecule has 1 heterocycles. The fourth-order valence-electron chi connectivity index (χ4n) is 2.56. The van der Waals surface area contributed by atoms with E-state index in [-0.39, 0.29) is 5.82 Å². The van der Waals surface area contributed by atoms with E-state index in [9.17, 15) is 4.39 Å². The van der Waals surface area contributed by atoms with Gasteiger partial charge in [-0.25, -0.2) is 9.07 Å². The Morgan fingerprint density at radius 3 is 2.52 bits per heavy atom. The minimum Gasteiger partial charge on any atom is -0.317 e. The van der Waals surface area contributed by atoms with Crippen LogP contribution in [0.25, 0.3) is 5.69 Å². The van der Waals surface area contributed by atoms with E-state index in [1.165, 1.54) is 24.1 Å². The van der Waals surface area contributed by atoms with Gasteiger partial charge in [-0.1, -0.05) is 6.92 Å². The fourth-order valence-corrected chi connectivity index (χ4v) is 2.56. The summed E-state index contributed by atoms with van der Waals surface area (Å²) in [5, 5.41) is 8.02. The van der Waals surface area contributed by atoms with Gasteiger partial charge in [0, 0.05) is 5.69 Å². The number of hydrogen-bond donors (Lipinski definition) is 1. The first-order valence-corrected chi connectivity index (χ1v) is 7.65. The number of aryl methyl sites for hydroxylation is 1. The van der Waals surface area contributed by atoms with Crippen molar-refractivity contribution in [3.63, 3.8) is 0 Å². The largest absolute Gasteiger partial charge is 0.317 e. The van der Waals surface area contributed by atoms with E-state index < -0.39 is 0 Å². The molecule has 1 N–H and O–H groups in total. The van der Waals surface area contributed by atoms with Crippen LogP contribution in [0.15, 0.2) is 24.3 Å². The van der Waals surface area contributed by atoms with Crippen LogP contribution < -0.4 is 5.32 Å². The van der Waals surface area contributed by atoms with Gasteiger partial charge in [0.25, 0.3) is 0 Å². The molecule has 21 heavy (non-hydrogen) atoms. The Morgan fingerprint density at radius 2 is 1.86 bits per heavy atom. The minimum atomic E-state index is -0.220. The number of aromatic nitrogens is 2. The van der Waals surface area contributed by atoms with Gasteiger partial charge in [-0.15, -0.1) is 0 Å². The molecule has 0 bridgehead atoms. The summed E-state index contributed by atoms with van der Waals surface area (Å²) in [4.78, 5) is 0. The first-order valence-electron chi connectivity index (χ1n) is 7.65. The van der Waals surface area contributed by atoms with Gasteiger partial charge in [-0.2, -0.15) is 5.10 Å². The Morgan fingerprint density at radius 1 is 1.14 bits per heavy atom. The summed E-state index contributed by atoms with van der Waals surface area (Å²) >= 11 is 0. The molecule has 0 atom stereocenters. The molecular formula is C17H24FN3. The highest BCUT2D eigenvalue weighted by Gasteiger charge is 2.12.